The van der Waals surface area contributed by atoms with Crippen LogP contribution in [0.1, 0.15) is 36.0 Å². The van der Waals surface area contributed by atoms with Crippen LogP contribution in [0.5, 0.6) is 0 Å². The summed E-state index contributed by atoms with van der Waals surface area (Å²) in [6.45, 7) is 3.57. The standard InChI is InChI=1S/C17H23NO2/c19-17(14-6-2-1-3-7-14)15-8-4-5-9-16(15)18-10-12-20-13-11-18/h1-3,6-7,15-16H,4-5,8-13H2/t15-,16+/m1/s1. The predicted octanol–water partition coefficient (Wildman–Crippen LogP) is 2.76. The third-order valence-electron chi connectivity index (χ3n) is 4.64. The number of Topliss-reactive ketones (excluding diaryl/α,β-unsaturated/α-hetero) is 1. The summed E-state index contributed by atoms with van der Waals surface area (Å²) in [7, 11) is 0. The topological polar surface area (TPSA) is 29.5 Å². The van der Waals surface area contributed by atoms with Gasteiger partial charge in [-0.1, -0.05) is 43.2 Å². The summed E-state index contributed by atoms with van der Waals surface area (Å²) in [5.41, 5.74) is 0.873. The first-order valence-electron chi connectivity index (χ1n) is 7.77. The highest BCUT2D eigenvalue weighted by molar-refractivity contribution is 5.98. The molecule has 1 aliphatic heterocycles. The maximum atomic E-state index is 12.8. The van der Waals surface area contributed by atoms with Crippen LogP contribution >= 0.6 is 0 Å². The number of hydrogen-bond donors (Lipinski definition) is 0. The van der Waals surface area contributed by atoms with Crippen molar-refractivity contribution in [2.45, 2.75) is 31.7 Å². The van der Waals surface area contributed by atoms with E-state index in [9.17, 15) is 4.79 Å². The average Bonchev–Trinajstić information content (AvgIpc) is 2.56. The van der Waals surface area contributed by atoms with Crippen molar-refractivity contribution in [3.8, 4) is 0 Å². The predicted molar refractivity (Wildman–Crippen MR) is 78.9 cm³/mol. The van der Waals surface area contributed by atoms with E-state index in [-0.39, 0.29) is 5.92 Å². The molecule has 1 heterocycles. The Bertz CT molecular complexity index is 440. The van der Waals surface area contributed by atoms with Crippen molar-refractivity contribution < 1.29 is 9.53 Å². The fraction of sp³-hybridized carbons (Fsp3) is 0.588. The van der Waals surface area contributed by atoms with Gasteiger partial charge < -0.3 is 4.74 Å². The molecule has 2 fully saturated rings. The van der Waals surface area contributed by atoms with Crippen LogP contribution < -0.4 is 0 Å². The fourth-order valence-electron chi connectivity index (χ4n) is 3.58. The second kappa shape index (κ2) is 6.51. The highest BCUT2D eigenvalue weighted by Crippen LogP contribution is 2.31. The summed E-state index contributed by atoms with van der Waals surface area (Å²) in [5.74, 6) is 0.506. The van der Waals surface area contributed by atoms with E-state index in [2.05, 4.69) is 4.90 Å². The first-order valence-corrected chi connectivity index (χ1v) is 7.77. The molecule has 1 saturated carbocycles. The highest BCUT2D eigenvalue weighted by Gasteiger charge is 2.35. The third-order valence-corrected chi connectivity index (χ3v) is 4.64. The Hall–Kier alpha value is -1.19. The maximum absolute atomic E-state index is 12.8. The number of benzene rings is 1. The lowest BCUT2D eigenvalue weighted by atomic mass is 9.79. The molecule has 1 saturated heterocycles. The summed E-state index contributed by atoms with van der Waals surface area (Å²) in [4.78, 5) is 15.3. The van der Waals surface area contributed by atoms with Crippen LogP contribution in [0.3, 0.4) is 0 Å². The van der Waals surface area contributed by atoms with Gasteiger partial charge in [0.05, 0.1) is 13.2 Å². The van der Waals surface area contributed by atoms with E-state index in [4.69, 9.17) is 4.74 Å². The van der Waals surface area contributed by atoms with Gasteiger partial charge in [0, 0.05) is 30.6 Å². The lowest BCUT2D eigenvalue weighted by Gasteiger charge is -2.41. The molecule has 0 bridgehead atoms. The van der Waals surface area contributed by atoms with E-state index in [1.165, 1.54) is 12.8 Å². The Labute approximate surface area is 120 Å². The molecule has 3 heteroatoms. The van der Waals surface area contributed by atoms with Crippen molar-refractivity contribution in [1.82, 2.24) is 4.90 Å². The van der Waals surface area contributed by atoms with Crippen LogP contribution in [-0.2, 0) is 4.74 Å². The van der Waals surface area contributed by atoms with E-state index in [0.717, 1.165) is 44.7 Å². The van der Waals surface area contributed by atoms with Gasteiger partial charge in [-0.25, -0.2) is 0 Å². The molecular weight excluding hydrogens is 250 g/mol. The normalized spacial score (nSPS) is 28.2. The number of hydrogen-bond acceptors (Lipinski definition) is 3. The molecule has 3 nitrogen and oxygen atoms in total. The number of ketones is 1. The molecular formula is C17H23NO2. The van der Waals surface area contributed by atoms with Gasteiger partial charge in [-0.15, -0.1) is 0 Å². The van der Waals surface area contributed by atoms with Crippen LogP contribution in [0.25, 0.3) is 0 Å². The Kier molecular flexibility index (Phi) is 4.48. The monoisotopic (exact) mass is 273 g/mol. The van der Waals surface area contributed by atoms with Gasteiger partial charge in [0.2, 0.25) is 0 Å². The molecule has 108 valence electrons. The minimum atomic E-state index is 0.171. The first kappa shape index (κ1) is 13.8. The summed E-state index contributed by atoms with van der Waals surface area (Å²) < 4.78 is 5.44. The zero-order valence-corrected chi connectivity index (χ0v) is 12.0. The summed E-state index contributed by atoms with van der Waals surface area (Å²) >= 11 is 0. The second-order valence-corrected chi connectivity index (χ2v) is 5.84. The van der Waals surface area contributed by atoms with E-state index in [1.54, 1.807) is 0 Å². The highest BCUT2D eigenvalue weighted by atomic mass is 16.5. The molecule has 1 aliphatic carbocycles. The average molecular weight is 273 g/mol. The number of morpholine rings is 1. The van der Waals surface area contributed by atoms with Crippen molar-refractivity contribution in [2.75, 3.05) is 26.3 Å². The van der Waals surface area contributed by atoms with Gasteiger partial charge in [0.25, 0.3) is 0 Å². The van der Waals surface area contributed by atoms with Crippen molar-refractivity contribution >= 4 is 5.78 Å². The van der Waals surface area contributed by atoms with Gasteiger partial charge in [0.1, 0.15) is 0 Å². The van der Waals surface area contributed by atoms with Gasteiger partial charge in [0.15, 0.2) is 5.78 Å². The third kappa shape index (κ3) is 2.94. The van der Waals surface area contributed by atoms with E-state index in [1.807, 2.05) is 30.3 Å². The molecule has 1 aromatic rings. The quantitative estimate of drug-likeness (QED) is 0.793. The zero-order valence-electron chi connectivity index (χ0n) is 12.0. The Balaban J connectivity index is 1.76. The molecule has 0 unspecified atom stereocenters. The molecule has 0 spiro atoms. The summed E-state index contributed by atoms with van der Waals surface area (Å²) in [6.07, 6.45) is 4.63. The van der Waals surface area contributed by atoms with Crippen LogP contribution in [-0.4, -0.2) is 43.0 Å². The van der Waals surface area contributed by atoms with E-state index in [0.29, 0.717) is 11.8 Å². The number of carbonyl (C=O) groups is 1. The van der Waals surface area contributed by atoms with Gasteiger partial charge in [-0.2, -0.15) is 0 Å². The molecule has 2 aliphatic rings. The van der Waals surface area contributed by atoms with Crippen LogP contribution in [0.2, 0.25) is 0 Å². The summed E-state index contributed by atoms with van der Waals surface area (Å²) in [6, 6.07) is 10.2. The Morgan fingerprint density at radius 1 is 1.05 bits per heavy atom. The minimum Gasteiger partial charge on any atom is -0.379 e. The lowest BCUT2D eigenvalue weighted by molar-refractivity contribution is -0.00484. The number of carbonyl (C=O) groups excluding carboxylic acids is 1. The number of rotatable bonds is 3. The Morgan fingerprint density at radius 3 is 2.50 bits per heavy atom. The first-order chi connectivity index (χ1) is 9.86. The molecule has 0 radical (unpaired) electrons. The lowest BCUT2D eigenvalue weighted by Crippen LogP contribution is -2.50. The van der Waals surface area contributed by atoms with E-state index >= 15 is 0 Å². The maximum Gasteiger partial charge on any atom is 0.167 e. The number of nitrogens with zero attached hydrogens (tertiary/aromatic N) is 1. The van der Waals surface area contributed by atoms with Crippen LogP contribution in [0.4, 0.5) is 0 Å². The minimum absolute atomic E-state index is 0.171. The van der Waals surface area contributed by atoms with Crippen LogP contribution in [0, 0.1) is 5.92 Å². The molecule has 0 N–H and O–H groups in total. The second-order valence-electron chi connectivity index (χ2n) is 5.84. The zero-order chi connectivity index (χ0) is 13.8. The molecule has 0 aromatic heterocycles. The van der Waals surface area contributed by atoms with E-state index < -0.39 is 0 Å². The fourth-order valence-corrected chi connectivity index (χ4v) is 3.58. The van der Waals surface area contributed by atoms with Crippen molar-refractivity contribution in [3.05, 3.63) is 35.9 Å². The SMILES string of the molecule is O=C(c1ccccc1)[C@@H]1CCCC[C@@H]1N1CCOCC1. The molecule has 2 atom stereocenters. The summed E-state index contributed by atoms with van der Waals surface area (Å²) in [5, 5.41) is 0. The van der Waals surface area contributed by atoms with Crippen molar-refractivity contribution in [2.24, 2.45) is 5.92 Å². The molecule has 3 rings (SSSR count). The molecule has 0 amide bonds. The van der Waals surface area contributed by atoms with Gasteiger partial charge >= 0.3 is 0 Å². The van der Waals surface area contributed by atoms with Crippen molar-refractivity contribution in [3.63, 3.8) is 0 Å². The molecule has 1 aromatic carbocycles. The number of ether oxygens (including phenoxy) is 1. The van der Waals surface area contributed by atoms with Crippen LogP contribution in [0.15, 0.2) is 30.3 Å². The smallest absolute Gasteiger partial charge is 0.167 e. The molecule has 20 heavy (non-hydrogen) atoms. The largest absolute Gasteiger partial charge is 0.379 e. The van der Waals surface area contributed by atoms with Gasteiger partial charge in [-0.05, 0) is 12.8 Å². The van der Waals surface area contributed by atoms with Crippen molar-refractivity contribution in [1.29, 1.82) is 0 Å². The Morgan fingerprint density at radius 2 is 1.75 bits per heavy atom. The van der Waals surface area contributed by atoms with Gasteiger partial charge in [-0.3, -0.25) is 9.69 Å².